The van der Waals surface area contributed by atoms with Crippen LogP contribution in [0.5, 0.6) is 0 Å². The van der Waals surface area contributed by atoms with E-state index in [0.717, 1.165) is 0 Å². The summed E-state index contributed by atoms with van der Waals surface area (Å²) in [6, 6.07) is 1.35. The molecule has 0 spiro atoms. The molecule has 1 aromatic heterocycles. The van der Waals surface area contributed by atoms with E-state index in [4.69, 9.17) is 5.11 Å². The van der Waals surface area contributed by atoms with Crippen molar-refractivity contribution in [3.63, 3.8) is 0 Å². The highest BCUT2D eigenvalue weighted by atomic mass is 127. The minimum absolute atomic E-state index is 0.000602. The van der Waals surface area contributed by atoms with Crippen LogP contribution >= 0.6 is 38.5 Å². The summed E-state index contributed by atoms with van der Waals surface area (Å²) >= 11 is 4.63. The summed E-state index contributed by atoms with van der Waals surface area (Å²) in [5, 5.41) is 8.52. The molecule has 1 rings (SSSR count). The lowest BCUT2D eigenvalue weighted by Gasteiger charge is -2.07. The fraction of sp³-hybridized carbons (Fsp3) is 0.250. The first-order chi connectivity index (χ1) is 6.91. The van der Waals surface area contributed by atoms with Gasteiger partial charge in [-0.25, -0.2) is 13.8 Å². The third-order valence-electron chi connectivity index (χ3n) is 1.57. The topological polar surface area (TPSA) is 50.2 Å². The second-order valence-electron chi connectivity index (χ2n) is 2.67. The van der Waals surface area contributed by atoms with Crippen molar-refractivity contribution in [2.75, 3.05) is 0 Å². The van der Waals surface area contributed by atoms with E-state index in [1.807, 2.05) is 0 Å². The van der Waals surface area contributed by atoms with Gasteiger partial charge in [-0.05, 0) is 44.6 Å². The first-order valence-corrected chi connectivity index (χ1v) is 5.63. The molecule has 1 aromatic rings. The van der Waals surface area contributed by atoms with Crippen LogP contribution in [0.15, 0.2) is 10.7 Å². The smallest absolute Gasteiger partial charge is 0.309 e. The number of alkyl halides is 2. The van der Waals surface area contributed by atoms with Crippen LogP contribution in [-0.2, 0) is 11.2 Å². The van der Waals surface area contributed by atoms with Crippen LogP contribution in [0.2, 0.25) is 0 Å². The molecule has 15 heavy (non-hydrogen) atoms. The van der Waals surface area contributed by atoms with E-state index in [0.29, 0.717) is 3.57 Å². The maximum absolute atomic E-state index is 12.5. The normalized spacial score (nSPS) is 10.7. The molecular formula is C8H5BrF2INO2. The zero-order chi connectivity index (χ0) is 11.6. The molecule has 7 heteroatoms. The van der Waals surface area contributed by atoms with Crippen LogP contribution in [0.3, 0.4) is 0 Å². The predicted molar refractivity (Wildman–Crippen MR) is 61.0 cm³/mol. The Bertz CT molecular complexity index is 377. The van der Waals surface area contributed by atoms with Gasteiger partial charge < -0.3 is 5.11 Å². The number of rotatable bonds is 3. The zero-order valence-corrected chi connectivity index (χ0v) is 10.9. The summed E-state index contributed by atoms with van der Waals surface area (Å²) < 4.78 is 25.3. The van der Waals surface area contributed by atoms with Gasteiger partial charge in [-0.1, -0.05) is 0 Å². The van der Waals surface area contributed by atoms with E-state index in [1.54, 1.807) is 22.6 Å². The maximum Gasteiger partial charge on any atom is 0.309 e. The van der Waals surface area contributed by atoms with Crippen molar-refractivity contribution in [2.45, 2.75) is 12.8 Å². The average molecular weight is 392 g/mol. The maximum atomic E-state index is 12.5. The highest BCUT2D eigenvalue weighted by molar-refractivity contribution is 14.1. The zero-order valence-electron chi connectivity index (χ0n) is 7.18. The van der Waals surface area contributed by atoms with Crippen molar-refractivity contribution < 1.29 is 18.7 Å². The van der Waals surface area contributed by atoms with E-state index < -0.39 is 12.4 Å². The Kier molecular flexibility index (Phi) is 4.38. The molecule has 0 aliphatic rings. The number of aromatic nitrogens is 1. The predicted octanol–water partition coefficient (Wildman–Crippen LogP) is 3.01. The fourth-order valence-corrected chi connectivity index (χ4v) is 2.82. The standard InChI is InChI=1S/C8H5BrF2INO2/c9-7-6(8(10)11)4(12)1-3(13-7)2-5(14)15/h1,8H,2H2,(H,14,15). The molecule has 0 radical (unpaired) electrons. The molecule has 0 aromatic carbocycles. The molecule has 0 saturated heterocycles. The highest BCUT2D eigenvalue weighted by Crippen LogP contribution is 2.30. The van der Waals surface area contributed by atoms with Crippen molar-refractivity contribution in [1.29, 1.82) is 0 Å². The van der Waals surface area contributed by atoms with Crippen molar-refractivity contribution >= 4 is 44.5 Å². The molecule has 0 amide bonds. The number of carboxylic acids is 1. The molecule has 0 atom stereocenters. The third kappa shape index (κ3) is 3.33. The number of hydrogen-bond acceptors (Lipinski definition) is 2. The molecule has 0 bridgehead atoms. The van der Waals surface area contributed by atoms with Gasteiger partial charge in [0.25, 0.3) is 6.43 Å². The largest absolute Gasteiger partial charge is 0.481 e. The molecule has 1 N–H and O–H groups in total. The first-order valence-electron chi connectivity index (χ1n) is 3.76. The van der Waals surface area contributed by atoms with E-state index >= 15 is 0 Å². The number of pyridine rings is 1. The summed E-state index contributed by atoms with van der Waals surface area (Å²) in [4.78, 5) is 14.2. The molecule has 82 valence electrons. The van der Waals surface area contributed by atoms with Crippen LogP contribution in [0.4, 0.5) is 8.78 Å². The summed E-state index contributed by atoms with van der Waals surface area (Å²) in [6.45, 7) is 0. The van der Waals surface area contributed by atoms with Gasteiger partial charge >= 0.3 is 5.97 Å². The Hall–Kier alpha value is -0.310. The second kappa shape index (κ2) is 5.15. The number of hydrogen-bond donors (Lipinski definition) is 1. The Morgan fingerprint density at radius 3 is 2.67 bits per heavy atom. The van der Waals surface area contributed by atoms with Gasteiger partial charge in [0.2, 0.25) is 0 Å². The SMILES string of the molecule is O=C(O)Cc1cc(I)c(C(F)F)c(Br)n1. The Morgan fingerprint density at radius 1 is 1.67 bits per heavy atom. The van der Waals surface area contributed by atoms with Gasteiger partial charge in [0.15, 0.2) is 0 Å². The summed E-state index contributed by atoms with van der Waals surface area (Å²) in [6.07, 6.45) is -2.91. The van der Waals surface area contributed by atoms with Crippen LogP contribution in [0.25, 0.3) is 0 Å². The Labute approximate surface area is 106 Å². The molecule has 0 unspecified atom stereocenters. The molecule has 3 nitrogen and oxygen atoms in total. The third-order valence-corrected chi connectivity index (χ3v) is 3.06. The molecule has 1 heterocycles. The number of aliphatic carboxylic acids is 1. The highest BCUT2D eigenvalue weighted by Gasteiger charge is 2.18. The molecular weight excluding hydrogens is 387 g/mol. The van der Waals surface area contributed by atoms with Crippen LogP contribution in [-0.4, -0.2) is 16.1 Å². The fourth-order valence-electron chi connectivity index (χ4n) is 0.981. The number of carbonyl (C=O) groups is 1. The van der Waals surface area contributed by atoms with E-state index in [-0.39, 0.29) is 22.3 Å². The second-order valence-corrected chi connectivity index (χ2v) is 4.58. The summed E-state index contributed by atoms with van der Waals surface area (Å²) in [5.41, 5.74) is 0.0490. The van der Waals surface area contributed by atoms with Gasteiger partial charge in [0.1, 0.15) is 4.60 Å². The molecule has 0 saturated carbocycles. The van der Waals surface area contributed by atoms with Gasteiger partial charge in [0, 0.05) is 3.57 Å². The number of nitrogens with zero attached hydrogens (tertiary/aromatic N) is 1. The van der Waals surface area contributed by atoms with Gasteiger partial charge in [-0.2, -0.15) is 0 Å². The van der Waals surface area contributed by atoms with Gasteiger partial charge in [0.05, 0.1) is 17.7 Å². The minimum Gasteiger partial charge on any atom is -0.481 e. The monoisotopic (exact) mass is 391 g/mol. The summed E-state index contributed by atoms with van der Waals surface area (Å²) in [7, 11) is 0. The lowest BCUT2D eigenvalue weighted by molar-refractivity contribution is -0.136. The molecule has 0 aliphatic carbocycles. The molecule has 0 aliphatic heterocycles. The van der Waals surface area contributed by atoms with Crippen LogP contribution < -0.4 is 0 Å². The van der Waals surface area contributed by atoms with E-state index in [2.05, 4.69) is 20.9 Å². The van der Waals surface area contributed by atoms with Gasteiger partial charge in [-0.15, -0.1) is 0 Å². The Morgan fingerprint density at radius 2 is 2.27 bits per heavy atom. The summed E-state index contributed by atoms with van der Waals surface area (Å²) in [5.74, 6) is -1.05. The quantitative estimate of drug-likeness (QED) is 0.636. The Balaban J connectivity index is 3.13. The van der Waals surface area contributed by atoms with Crippen molar-refractivity contribution in [3.05, 3.63) is 25.5 Å². The van der Waals surface area contributed by atoms with Crippen molar-refractivity contribution in [2.24, 2.45) is 0 Å². The van der Waals surface area contributed by atoms with E-state index in [9.17, 15) is 13.6 Å². The van der Waals surface area contributed by atoms with Crippen molar-refractivity contribution in [1.82, 2.24) is 4.98 Å². The average Bonchev–Trinajstić information content (AvgIpc) is 1.99. The number of carboxylic acid groups (broad SMARTS) is 1. The van der Waals surface area contributed by atoms with E-state index in [1.165, 1.54) is 6.07 Å². The lowest BCUT2D eigenvalue weighted by atomic mass is 10.2. The number of halogens is 4. The minimum atomic E-state index is -2.63. The molecule has 0 fully saturated rings. The van der Waals surface area contributed by atoms with Crippen molar-refractivity contribution in [3.8, 4) is 0 Å². The van der Waals surface area contributed by atoms with Crippen LogP contribution in [0.1, 0.15) is 17.7 Å². The van der Waals surface area contributed by atoms with Crippen LogP contribution in [0, 0.1) is 3.57 Å². The first kappa shape index (κ1) is 12.8. The lowest BCUT2D eigenvalue weighted by Crippen LogP contribution is -2.05. The van der Waals surface area contributed by atoms with Gasteiger partial charge in [-0.3, -0.25) is 4.79 Å².